The van der Waals surface area contributed by atoms with Crippen molar-refractivity contribution >= 4 is 19.8 Å². The number of esters is 2. The van der Waals surface area contributed by atoms with Gasteiger partial charge in [-0.05, 0) is 50.9 Å². The first-order chi connectivity index (χ1) is 26.0. The van der Waals surface area contributed by atoms with E-state index in [0.29, 0.717) is 19.3 Å². The van der Waals surface area contributed by atoms with Crippen LogP contribution >= 0.6 is 7.82 Å². The van der Waals surface area contributed by atoms with E-state index >= 15 is 0 Å². The van der Waals surface area contributed by atoms with E-state index in [2.05, 4.69) is 43.5 Å². The maximum atomic E-state index is 12.4. The lowest BCUT2D eigenvalue weighted by Crippen LogP contribution is -2.29. The fraction of sp³-hybridized carbons (Fsp3) is 0.682. The van der Waals surface area contributed by atoms with Gasteiger partial charge in [0.25, 0.3) is 0 Å². The van der Waals surface area contributed by atoms with E-state index in [0.717, 1.165) is 50.9 Å². The Kier molecular flexibility index (Phi) is 35.6. The maximum Gasteiger partial charge on any atom is 0.469 e. The van der Waals surface area contributed by atoms with Gasteiger partial charge in [0.1, 0.15) is 6.61 Å². The average Bonchev–Trinajstić information content (AvgIpc) is 3.12. The van der Waals surface area contributed by atoms with Gasteiger partial charge >= 0.3 is 19.8 Å². The molecule has 0 rings (SSSR count). The van der Waals surface area contributed by atoms with E-state index in [9.17, 15) is 19.3 Å². The van der Waals surface area contributed by atoms with Gasteiger partial charge in [-0.1, -0.05) is 177 Å². The summed E-state index contributed by atoms with van der Waals surface area (Å²) in [6.45, 7) is 5.74. The first-order valence-electron chi connectivity index (χ1n) is 20.7. The number of rotatable bonds is 36. The van der Waals surface area contributed by atoms with E-state index in [1.54, 1.807) is 6.08 Å². The third kappa shape index (κ3) is 40.6. The average molecular weight is 779 g/mol. The topological polar surface area (TPSA) is 140 Å². The van der Waals surface area contributed by atoms with Crippen molar-refractivity contribution in [3.63, 3.8) is 0 Å². The zero-order valence-electron chi connectivity index (χ0n) is 33.9. The summed E-state index contributed by atoms with van der Waals surface area (Å²) in [6.07, 6.45) is 44.0. The minimum atomic E-state index is -4.79. The van der Waals surface area contributed by atoms with E-state index in [1.165, 1.54) is 64.2 Å². The molecule has 0 spiro atoms. The Bertz CT molecular complexity index is 1130. The highest BCUT2D eigenvalue weighted by atomic mass is 31.2. The van der Waals surface area contributed by atoms with Gasteiger partial charge in [0.2, 0.25) is 0 Å². The highest BCUT2D eigenvalue weighted by molar-refractivity contribution is 7.46. The molecule has 0 saturated carbocycles. The number of phosphoric ester groups is 1. The summed E-state index contributed by atoms with van der Waals surface area (Å²) in [5.74, 6) is -0.188. The highest BCUT2D eigenvalue weighted by Crippen LogP contribution is 2.36. The molecule has 0 fully saturated rings. The van der Waals surface area contributed by atoms with Crippen molar-refractivity contribution < 1.29 is 43.0 Å². The summed E-state index contributed by atoms with van der Waals surface area (Å²) in [7, 11) is -4.79. The third-order valence-electron chi connectivity index (χ3n) is 8.51. The number of unbranched alkanes of at least 4 members (excludes halogenated alkanes) is 12. The van der Waals surface area contributed by atoms with Gasteiger partial charge < -0.3 is 24.4 Å². The Morgan fingerprint density at radius 1 is 0.630 bits per heavy atom. The van der Waals surface area contributed by atoms with Gasteiger partial charge in [0.05, 0.1) is 12.7 Å². The number of allylic oxidation sites excluding steroid dienone is 10. The fourth-order valence-electron chi connectivity index (χ4n) is 5.43. The van der Waals surface area contributed by atoms with Crippen LogP contribution in [-0.2, 0) is 28.2 Å². The van der Waals surface area contributed by atoms with E-state index in [4.69, 9.17) is 19.3 Å². The molecule has 1 unspecified atom stereocenters. The normalized spacial score (nSPS) is 13.9. The molecular weight excluding hydrogens is 703 g/mol. The molecule has 310 valence electrons. The quantitative estimate of drug-likeness (QED) is 0.0186. The molecule has 0 aliphatic rings. The maximum absolute atomic E-state index is 12.4. The van der Waals surface area contributed by atoms with Crippen molar-refractivity contribution in [2.24, 2.45) is 5.92 Å². The highest BCUT2D eigenvalue weighted by Gasteiger charge is 2.22. The van der Waals surface area contributed by atoms with Gasteiger partial charge in [-0.3, -0.25) is 14.1 Å². The second-order valence-corrected chi connectivity index (χ2v) is 15.5. The van der Waals surface area contributed by atoms with Gasteiger partial charge in [-0.2, -0.15) is 0 Å². The van der Waals surface area contributed by atoms with Gasteiger partial charge in [-0.15, -0.1) is 0 Å². The van der Waals surface area contributed by atoms with Crippen molar-refractivity contribution in [2.45, 2.75) is 174 Å². The lowest BCUT2D eigenvalue weighted by atomic mass is 10.0. The smallest absolute Gasteiger partial charge is 0.462 e. The van der Waals surface area contributed by atoms with E-state index in [-0.39, 0.29) is 19.4 Å². The Hall–Kier alpha value is -2.55. The Balaban J connectivity index is 4.10. The van der Waals surface area contributed by atoms with Gasteiger partial charge in [0, 0.05) is 12.8 Å². The van der Waals surface area contributed by atoms with Crippen LogP contribution in [0.15, 0.2) is 72.9 Å². The molecule has 0 aliphatic carbocycles. The molecule has 3 N–H and O–H groups in total. The molecule has 54 heavy (non-hydrogen) atoms. The van der Waals surface area contributed by atoms with Crippen molar-refractivity contribution in [3.05, 3.63) is 72.9 Å². The van der Waals surface area contributed by atoms with Crippen molar-refractivity contribution in [1.82, 2.24) is 0 Å². The SMILES string of the molecule is CC/C=C\CC(O)/C=C/C=C/C/C=C\C/C=C\C/C=C\CCC(=O)O[C@H](COC(=O)CCCCCCCCCCCCCCCC(C)C)COP(=O)(O)O. The first kappa shape index (κ1) is 51.5. The molecule has 0 aromatic heterocycles. The molecule has 0 heterocycles. The van der Waals surface area contributed by atoms with Gasteiger partial charge in [-0.25, -0.2) is 4.57 Å². The van der Waals surface area contributed by atoms with Crippen LogP contribution in [0.4, 0.5) is 0 Å². The zero-order chi connectivity index (χ0) is 40.0. The first-order valence-corrected chi connectivity index (χ1v) is 22.2. The molecule has 0 saturated heterocycles. The van der Waals surface area contributed by atoms with Crippen LogP contribution < -0.4 is 0 Å². The van der Waals surface area contributed by atoms with E-state index in [1.807, 2.05) is 48.6 Å². The van der Waals surface area contributed by atoms with Crippen molar-refractivity contribution in [2.75, 3.05) is 13.2 Å². The largest absolute Gasteiger partial charge is 0.469 e. The van der Waals surface area contributed by atoms with Crippen LogP contribution in [0.25, 0.3) is 0 Å². The standard InChI is InChI=1S/C44H75O9P/c1-4-5-28-34-41(45)35-30-25-21-17-13-9-7-11-15-19-23-27-32-37-44(47)53-42(39-52-54(48,49)50)38-51-43(46)36-31-26-22-18-14-10-6-8-12-16-20-24-29-33-40(2)3/h5,9,11,13,15,21,23,25,27-28,30,35,40-42,45H,4,6-8,10,12,14,16-20,22,24,26,29,31-34,36-39H2,1-3H3,(H2,48,49,50)/b13-9-,15-11-,25-21+,27-23-,28-5-,35-30+/t41?,42-/m1/s1. The summed E-state index contributed by atoms with van der Waals surface area (Å²) < 4.78 is 26.3. The molecule has 0 bridgehead atoms. The number of carbonyl (C=O) groups excluding carboxylic acids is 2. The number of aliphatic hydroxyl groups is 1. The summed E-state index contributed by atoms with van der Waals surface area (Å²) in [6, 6.07) is 0. The van der Waals surface area contributed by atoms with Crippen LogP contribution in [0.5, 0.6) is 0 Å². The molecular formula is C44H75O9P. The predicted octanol–water partition coefficient (Wildman–Crippen LogP) is 11.5. The summed E-state index contributed by atoms with van der Waals surface area (Å²) in [5.41, 5.74) is 0. The number of aliphatic hydroxyl groups excluding tert-OH is 1. The zero-order valence-corrected chi connectivity index (χ0v) is 34.8. The molecule has 0 radical (unpaired) electrons. The molecule has 0 amide bonds. The summed E-state index contributed by atoms with van der Waals surface area (Å²) >= 11 is 0. The third-order valence-corrected chi connectivity index (χ3v) is 9.00. The molecule has 0 aromatic rings. The monoisotopic (exact) mass is 779 g/mol. The van der Waals surface area contributed by atoms with Gasteiger partial charge in [0.15, 0.2) is 6.10 Å². The van der Waals surface area contributed by atoms with Crippen LogP contribution in [0.3, 0.4) is 0 Å². The molecule has 2 atom stereocenters. The van der Waals surface area contributed by atoms with Crippen molar-refractivity contribution in [3.8, 4) is 0 Å². The van der Waals surface area contributed by atoms with E-state index < -0.39 is 38.6 Å². The number of phosphoric acid groups is 1. The number of hydrogen-bond acceptors (Lipinski definition) is 7. The lowest BCUT2D eigenvalue weighted by Gasteiger charge is -2.18. The molecule has 0 aliphatic heterocycles. The Morgan fingerprint density at radius 2 is 1.17 bits per heavy atom. The van der Waals surface area contributed by atoms with Crippen LogP contribution in [0.2, 0.25) is 0 Å². The predicted molar refractivity (Wildman–Crippen MR) is 222 cm³/mol. The number of carbonyl (C=O) groups is 2. The lowest BCUT2D eigenvalue weighted by molar-refractivity contribution is -0.161. The molecule has 9 nitrogen and oxygen atoms in total. The molecule has 10 heteroatoms. The minimum Gasteiger partial charge on any atom is -0.462 e. The Labute approximate surface area is 328 Å². The Morgan fingerprint density at radius 3 is 1.72 bits per heavy atom. The molecule has 0 aromatic carbocycles. The van der Waals surface area contributed by atoms with Crippen LogP contribution in [-0.4, -0.2) is 52.3 Å². The van der Waals surface area contributed by atoms with Crippen molar-refractivity contribution in [1.29, 1.82) is 0 Å². The second-order valence-electron chi connectivity index (χ2n) is 14.3. The second kappa shape index (κ2) is 37.4. The summed E-state index contributed by atoms with van der Waals surface area (Å²) in [4.78, 5) is 42.8. The van der Waals surface area contributed by atoms with Crippen LogP contribution in [0.1, 0.15) is 162 Å². The number of hydrogen-bond donors (Lipinski definition) is 3. The summed E-state index contributed by atoms with van der Waals surface area (Å²) in [5, 5.41) is 9.81. The fourth-order valence-corrected chi connectivity index (χ4v) is 5.79. The van der Waals surface area contributed by atoms with Crippen LogP contribution in [0, 0.1) is 5.92 Å². The number of ether oxygens (including phenoxy) is 2. The minimum absolute atomic E-state index is 0.0689.